The van der Waals surface area contributed by atoms with Gasteiger partial charge in [-0.3, -0.25) is 4.79 Å². The van der Waals surface area contributed by atoms with Gasteiger partial charge in [-0.05, 0) is 76.6 Å². The van der Waals surface area contributed by atoms with E-state index in [9.17, 15) is 13.2 Å². The second-order valence-electron chi connectivity index (χ2n) is 10.1. The molecular formula is C24H34N6O4S. The standard InChI is InChI=1S/C24H34N6O4S/c1-24(2,3)30-22(31)20-15-26-23(29-21(20)25-13-16-6-7-16)28-17-8-10-19(11-9-17)35(32,33)27-14-18-5-4-12-34-18/h8-11,15-16,18,27H,4-7,12-14H2,1-3H3,(H,30,31)(H2,25,26,28,29). The van der Waals surface area contributed by atoms with Crippen LogP contribution >= 0.6 is 0 Å². The van der Waals surface area contributed by atoms with Crippen molar-refractivity contribution < 1.29 is 17.9 Å². The van der Waals surface area contributed by atoms with Gasteiger partial charge in [0.15, 0.2) is 0 Å². The van der Waals surface area contributed by atoms with Crippen LogP contribution in [0.4, 0.5) is 17.5 Å². The molecule has 0 radical (unpaired) electrons. The van der Waals surface area contributed by atoms with E-state index in [1.807, 2.05) is 20.8 Å². The summed E-state index contributed by atoms with van der Waals surface area (Å²) >= 11 is 0. The Morgan fingerprint density at radius 3 is 2.49 bits per heavy atom. The van der Waals surface area contributed by atoms with Gasteiger partial charge in [-0.15, -0.1) is 0 Å². The summed E-state index contributed by atoms with van der Waals surface area (Å²) in [7, 11) is -3.63. The zero-order valence-electron chi connectivity index (χ0n) is 20.4. The van der Waals surface area contributed by atoms with Crippen LogP contribution in [0.15, 0.2) is 35.4 Å². The quantitative estimate of drug-likeness (QED) is 0.389. The zero-order valence-corrected chi connectivity index (χ0v) is 21.2. The number of hydrogen-bond acceptors (Lipinski definition) is 8. The first-order chi connectivity index (χ1) is 16.6. The van der Waals surface area contributed by atoms with E-state index in [1.54, 1.807) is 12.1 Å². The molecule has 0 spiro atoms. The van der Waals surface area contributed by atoms with Crippen LogP contribution in [0.2, 0.25) is 0 Å². The van der Waals surface area contributed by atoms with Crippen LogP contribution in [0, 0.1) is 5.92 Å². The van der Waals surface area contributed by atoms with Gasteiger partial charge >= 0.3 is 0 Å². The minimum absolute atomic E-state index is 0.0703. The van der Waals surface area contributed by atoms with Crippen molar-refractivity contribution in [1.82, 2.24) is 20.0 Å². The van der Waals surface area contributed by atoms with Crippen LogP contribution in [0.1, 0.15) is 56.8 Å². The van der Waals surface area contributed by atoms with E-state index in [4.69, 9.17) is 4.74 Å². The Hall–Kier alpha value is -2.76. The molecule has 35 heavy (non-hydrogen) atoms. The molecule has 1 aliphatic carbocycles. The summed E-state index contributed by atoms with van der Waals surface area (Å²) in [6, 6.07) is 6.36. The molecule has 1 amide bonds. The van der Waals surface area contributed by atoms with E-state index in [0.717, 1.165) is 19.4 Å². The number of hydrogen-bond donors (Lipinski definition) is 4. The molecule has 1 saturated heterocycles. The Bertz CT molecular complexity index is 1140. The SMILES string of the molecule is CC(C)(C)NC(=O)c1cnc(Nc2ccc(S(=O)(=O)NCC3CCCO3)cc2)nc1NCC1CC1. The second kappa shape index (κ2) is 10.5. The fraction of sp³-hybridized carbons (Fsp3) is 0.542. The molecule has 4 rings (SSSR count). The monoisotopic (exact) mass is 502 g/mol. The molecule has 1 saturated carbocycles. The van der Waals surface area contributed by atoms with Gasteiger partial charge in [-0.25, -0.2) is 18.1 Å². The van der Waals surface area contributed by atoms with E-state index in [1.165, 1.54) is 31.2 Å². The summed E-state index contributed by atoms with van der Waals surface area (Å²) in [4.78, 5) is 21.8. The molecule has 1 aliphatic heterocycles. The van der Waals surface area contributed by atoms with Crippen molar-refractivity contribution >= 4 is 33.4 Å². The predicted octanol–water partition coefficient (Wildman–Crippen LogP) is 3.03. The van der Waals surface area contributed by atoms with Crippen molar-refractivity contribution in [2.75, 3.05) is 30.3 Å². The molecule has 1 aromatic carbocycles. The Morgan fingerprint density at radius 1 is 1.11 bits per heavy atom. The minimum atomic E-state index is -3.63. The summed E-state index contributed by atoms with van der Waals surface area (Å²) in [6.45, 7) is 7.44. The highest BCUT2D eigenvalue weighted by atomic mass is 32.2. The number of aromatic nitrogens is 2. The number of nitrogens with zero attached hydrogens (tertiary/aromatic N) is 2. The molecule has 1 unspecified atom stereocenters. The molecule has 1 aromatic heterocycles. The highest BCUT2D eigenvalue weighted by molar-refractivity contribution is 7.89. The number of carbonyl (C=O) groups is 1. The number of ether oxygens (including phenoxy) is 1. The molecule has 4 N–H and O–H groups in total. The van der Waals surface area contributed by atoms with E-state index in [0.29, 0.717) is 35.5 Å². The van der Waals surface area contributed by atoms with Crippen LogP contribution in [-0.4, -0.2) is 55.6 Å². The number of nitrogens with one attached hydrogen (secondary N) is 4. The van der Waals surface area contributed by atoms with Gasteiger partial charge < -0.3 is 20.7 Å². The smallest absolute Gasteiger partial charge is 0.257 e. The number of anilines is 3. The second-order valence-corrected chi connectivity index (χ2v) is 11.9. The maximum Gasteiger partial charge on any atom is 0.257 e. The molecule has 2 aliphatic rings. The van der Waals surface area contributed by atoms with Crippen LogP contribution in [0.25, 0.3) is 0 Å². The maximum absolute atomic E-state index is 12.8. The summed E-state index contributed by atoms with van der Waals surface area (Å²) in [5.41, 5.74) is 0.621. The molecule has 2 fully saturated rings. The van der Waals surface area contributed by atoms with Crippen molar-refractivity contribution in [3.05, 3.63) is 36.0 Å². The molecular weight excluding hydrogens is 468 g/mol. The number of sulfonamides is 1. The molecule has 0 bridgehead atoms. The van der Waals surface area contributed by atoms with Gasteiger partial charge in [0, 0.05) is 37.1 Å². The zero-order chi connectivity index (χ0) is 25.1. The lowest BCUT2D eigenvalue weighted by atomic mass is 10.1. The van der Waals surface area contributed by atoms with Crippen molar-refractivity contribution in [3.8, 4) is 0 Å². The lowest BCUT2D eigenvalue weighted by Crippen LogP contribution is -2.41. The van der Waals surface area contributed by atoms with E-state index < -0.39 is 10.0 Å². The van der Waals surface area contributed by atoms with Crippen molar-refractivity contribution in [1.29, 1.82) is 0 Å². The maximum atomic E-state index is 12.8. The summed E-state index contributed by atoms with van der Waals surface area (Å²) in [6.07, 6.45) is 5.59. The third-order valence-electron chi connectivity index (χ3n) is 5.72. The van der Waals surface area contributed by atoms with Crippen molar-refractivity contribution in [3.63, 3.8) is 0 Å². The average molecular weight is 503 g/mol. The van der Waals surface area contributed by atoms with Crippen LogP contribution in [-0.2, 0) is 14.8 Å². The van der Waals surface area contributed by atoms with Gasteiger partial charge in [0.2, 0.25) is 16.0 Å². The fourth-order valence-electron chi connectivity index (χ4n) is 3.65. The van der Waals surface area contributed by atoms with Crippen molar-refractivity contribution in [2.45, 2.75) is 63.0 Å². The largest absolute Gasteiger partial charge is 0.377 e. The Balaban J connectivity index is 1.44. The predicted molar refractivity (Wildman–Crippen MR) is 134 cm³/mol. The van der Waals surface area contributed by atoms with Gasteiger partial charge in [0.1, 0.15) is 11.4 Å². The van der Waals surface area contributed by atoms with E-state index >= 15 is 0 Å². The summed E-state index contributed by atoms with van der Waals surface area (Å²) in [5.74, 6) is 1.13. The lowest BCUT2D eigenvalue weighted by molar-refractivity contribution is 0.0919. The number of carbonyl (C=O) groups excluding carboxylic acids is 1. The molecule has 1 atom stereocenters. The fourth-order valence-corrected chi connectivity index (χ4v) is 4.72. The van der Waals surface area contributed by atoms with Crippen LogP contribution in [0.5, 0.6) is 0 Å². The Labute approximate surface area is 206 Å². The van der Waals surface area contributed by atoms with E-state index in [-0.39, 0.29) is 29.0 Å². The Morgan fingerprint density at radius 2 is 1.86 bits per heavy atom. The van der Waals surface area contributed by atoms with Crippen LogP contribution < -0.4 is 20.7 Å². The average Bonchev–Trinajstić information content (AvgIpc) is 3.48. The van der Waals surface area contributed by atoms with Gasteiger partial charge in [0.25, 0.3) is 5.91 Å². The lowest BCUT2D eigenvalue weighted by Gasteiger charge is -2.21. The van der Waals surface area contributed by atoms with Gasteiger partial charge in [-0.2, -0.15) is 4.98 Å². The number of benzene rings is 1. The molecule has 2 aromatic rings. The minimum Gasteiger partial charge on any atom is -0.377 e. The first-order valence-electron chi connectivity index (χ1n) is 12.0. The number of amides is 1. The van der Waals surface area contributed by atoms with Crippen molar-refractivity contribution in [2.24, 2.45) is 5.92 Å². The molecule has 11 heteroatoms. The molecule has 10 nitrogen and oxygen atoms in total. The topological polar surface area (TPSA) is 134 Å². The highest BCUT2D eigenvalue weighted by Gasteiger charge is 2.24. The van der Waals surface area contributed by atoms with Gasteiger partial charge in [0.05, 0.1) is 11.0 Å². The first-order valence-corrected chi connectivity index (χ1v) is 13.5. The molecule has 2 heterocycles. The summed E-state index contributed by atoms with van der Waals surface area (Å²) in [5, 5.41) is 9.32. The Kier molecular flexibility index (Phi) is 7.58. The van der Waals surface area contributed by atoms with E-state index in [2.05, 4.69) is 30.6 Å². The van der Waals surface area contributed by atoms with Gasteiger partial charge in [-0.1, -0.05) is 0 Å². The van der Waals surface area contributed by atoms with Crippen LogP contribution in [0.3, 0.4) is 0 Å². The third-order valence-corrected chi connectivity index (χ3v) is 7.16. The normalized spacial score (nSPS) is 18.3. The first kappa shape index (κ1) is 25.3. The highest BCUT2D eigenvalue weighted by Crippen LogP contribution is 2.29. The molecule has 190 valence electrons. The summed E-state index contributed by atoms with van der Waals surface area (Å²) < 4.78 is 33.2. The third kappa shape index (κ3) is 7.36. The number of rotatable bonds is 10.